The van der Waals surface area contributed by atoms with Crippen molar-refractivity contribution >= 4 is 11.8 Å². The molecule has 1 aromatic carbocycles. The molecule has 1 aliphatic carbocycles. The summed E-state index contributed by atoms with van der Waals surface area (Å²) in [7, 11) is 0. The SMILES string of the molecule is N#CC1CCCN1C(=O)C(N)CN1C[C@@H]2C[C@H]1C(=O)N2C1(c2ccc(F)cc2)CCCCC1. The Labute approximate surface area is 194 Å². The summed E-state index contributed by atoms with van der Waals surface area (Å²) in [5.74, 6) is -0.352. The molecule has 1 aromatic rings. The van der Waals surface area contributed by atoms with Gasteiger partial charge in [-0.1, -0.05) is 31.4 Å². The van der Waals surface area contributed by atoms with E-state index in [1.54, 1.807) is 4.90 Å². The molecule has 3 aliphatic heterocycles. The predicted octanol–water partition coefficient (Wildman–Crippen LogP) is 2.11. The number of hydrogen-bond acceptors (Lipinski definition) is 5. The number of fused-ring (bicyclic) bond motifs is 2. The average Bonchev–Trinajstić information content (AvgIpc) is 3.54. The van der Waals surface area contributed by atoms with Gasteiger partial charge in [0.15, 0.2) is 0 Å². The molecule has 5 rings (SSSR count). The summed E-state index contributed by atoms with van der Waals surface area (Å²) < 4.78 is 13.6. The standard InChI is InChI=1S/C25H32FN5O2/c26-18-8-6-17(7-9-18)25(10-2-1-3-11-25)31-20-13-22(24(31)33)29(15-20)16-21(28)23(32)30-12-4-5-19(30)14-27/h6-9,19-22H,1-5,10-13,15-16,28H2/t19?,20-,21?,22-/m0/s1. The largest absolute Gasteiger partial charge is 0.327 e. The first-order valence-corrected chi connectivity index (χ1v) is 12.2. The number of benzene rings is 1. The Morgan fingerprint density at radius 2 is 1.94 bits per heavy atom. The molecule has 2 bridgehead atoms. The third-order valence-electron chi connectivity index (χ3n) is 8.23. The van der Waals surface area contributed by atoms with Crippen LogP contribution in [0.15, 0.2) is 24.3 Å². The zero-order valence-electron chi connectivity index (χ0n) is 19.0. The average molecular weight is 454 g/mol. The summed E-state index contributed by atoms with van der Waals surface area (Å²) in [6.45, 7) is 1.60. The fourth-order valence-corrected chi connectivity index (χ4v) is 6.70. The quantitative estimate of drug-likeness (QED) is 0.737. The number of carbonyl (C=O) groups excluding carboxylic acids is 2. The number of hydrogen-bond donors (Lipinski definition) is 1. The maximum atomic E-state index is 13.7. The van der Waals surface area contributed by atoms with Gasteiger partial charge in [-0.15, -0.1) is 0 Å². The van der Waals surface area contributed by atoms with Gasteiger partial charge in [-0.05, 0) is 49.8 Å². The third-order valence-corrected chi connectivity index (χ3v) is 8.23. The third kappa shape index (κ3) is 3.71. The van der Waals surface area contributed by atoms with Gasteiger partial charge in [0, 0.05) is 25.7 Å². The van der Waals surface area contributed by atoms with Crippen LogP contribution >= 0.6 is 0 Å². The number of nitrogens with zero attached hydrogens (tertiary/aromatic N) is 4. The number of rotatable bonds is 5. The fraction of sp³-hybridized carbons (Fsp3) is 0.640. The number of amides is 2. The molecule has 0 aromatic heterocycles. The molecular formula is C25H32FN5O2. The number of nitrogens with two attached hydrogens (primary N) is 1. The lowest BCUT2D eigenvalue weighted by Crippen LogP contribution is -2.61. The van der Waals surface area contributed by atoms with Gasteiger partial charge in [0.1, 0.15) is 11.9 Å². The summed E-state index contributed by atoms with van der Waals surface area (Å²) in [4.78, 5) is 32.3. The first kappa shape index (κ1) is 22.3. The number of halogens is 1. The van der Waals surface area contributed by atoms with Crippen LogP contribution in [0.2, 0.25) is 0 Å². The monoisotopic (exact) mass is 453 g/mol. The smallest absolute Gasteiger partial charge is 0.241 e. The Hall–Kier alpha value is -2.50. The van der Waals surface area contributed by atoms with Crippen molar-refractivity contribution in [1.82, 2.24) is 14.7 Å². The molecule has 4 atom stereocenters. The fourth-order valence-electron chi connectivity index (χ4n) is 6.70. The van der Waals surface area contributed by atoms with Crippen molar-refractivity contribution in [2.24, 2.45) is 5.73 Å². The van der Waals surface area contributed by atoms with Gasteiger partial charge >= 0.3 is 0 Å². The highest BCUT2D eigenvalue weighted by Crippen LogP contribution is 2.48. The summed E-state index contributed by atoms with van der Waals surface area (Å²) >= 11 is 0. The highest BCUT2D eigenvalue weighted by atomic mass is 19.1. The first-order valence-electron chi connectivity index (χ1n) is 12.2. The van der Waals surface area contributed by atoms with Crippen LogP contribution in [-0.4, -0.2) is 70.3 Å². The van der Waals surface area contributed by atoms with Crippen LogP contribution in [-0.2, 0) is 15.1 Å². The normalized spacial score (nSPS) is 30.0. The van der Waals surface area contributed by atoms with Gasteiger partial charge in [0.25, 0.3) is 0 Å². The van der Waals surface area contributed by atoms with Crippen LogP contribution in [0.3, 0.4) is 0 Å². The zero-order valence-corrected chi connectivity index (χ0v) is 19.0. The van der Waals surface area contributed by atoms with Crippen LogP contribution < -0.4 is 5.73 Å². The zero-order chi connectivity index (χ0) is 23.2. The molecule has 3 saturated heterocycles. The molecular weight excluding hydrogens is 421 g/mol. The Bertz CT molecular complexity index is 955. The van der Waals surface area contributed by atoms with Crippen LogP contribution in [0.4, 0.5) is 4.39 Å². The van der Waals surface area contributed by atoms with Crippen molar-refractivity contribution in [2.75, 3.05) is 19.6 Å². The molecule has 2 N–H and O–H groups in total. The molecule has 3 heterocycles. The summed E-state index contributed by atoms with van der Waals surface area (Å²) in [6, 6.07) is 7.55. The van der Waals surface area contributed by atoms with E-state index in [2.05, 4.69) is 15.9 Å². The van der Waals surface area contributed by atoms with Gasteiger partial charge in [0.2, 0.25) is 11.8 Å². The van der Waals surface area contributed by atoms with Gasteiger partial charge in [-0.25, -0.2) is 4.39 Å². The number of likely N-dealkylation sites (tertiary alicyclic amines) is 3. The second kappa shape index (κ2) is 8.69. The Kier molecular flexibility index (Phi) is 5.87. The molecule has 2 unspecified atom stereocenters. The van der Waals surface area contributed by atoms with Gasteiger partial charge in [-0.2, -0.15) is 5.26 Å². The highest BCUT2D eigenvalue weighted by Gasteiger charge is 2.57. The highest BCUT2D eigenvalue weighted by molar-refractivity contribution is 5.87. The van der Waals surface area contributed by atoms with E-state index in [-0.39, 0.29) is 35.3 Å². The van der Waals surface area contributed by atoms with Crippen molar-refractivity contribution in [3.8, 4) is 6.07 Å². The van der Waals surface area contributed by atoms with Crippen molar-refractivity contribution in [2.45, 2.75) is 81.1 Å². The van der Waals surface area contributed by atoms with E-state index in [0.717, 1.165) is 50.5 Å². The van der Waals surface area contributed by atoms with Crippen molar-refractivity contribution in [3.63, 3.8) is 0 Å². The molecule has 4 fully saturated rings. The van der Waals surface area contributed by atoms with Gasteiger partial charge < -0.3 is 15.5 Å². The van der Waals surface area contributed by atoms with Gasteiger partial charge in [-0.3, -0.25) is 14.5 Å². The van der Waals surface area contributed by atoms with Crippen LogP contribution in [0, 0.1) is 17.1 Å². The van der Waals surface area contributed by atoms with E-state index in [1.807, 2.05) is 12.1 Å². The molecule has 8 heteroatoms. The van der Waals surface area contributed by atoms with Crippen molar-refractivity contribution in [1.29, 1.82) is 5.26 Å². The second-order valence-electron chi connectivity index (χ2n) is 10.1. The van der Waals surface area contributed by atoms with E-state index < -0.39 is 12.1 Å². The molecule has 1 saturated carbocycles. The van der Waals surface area contributed by atoms with Gasteiger partial charge in [0.05, 0.1) is 23.7 Å². The van der Waals surface area contributed by atoms with Crippen LogP contribution in [0.25, 0.3) is 0 Å². The Balaban J connectivity index is 1.32. The van der Waals surface area contributed by atoms with Crippen molar-refractivity contribution in [3.05, 3.63) is 35.6 Å². The predicted molar refractivity (Wildman–Crippen MR) is 120 cm³/mol. The minimum absolute atomic E-state index is 0.0756. The summed E-state index contributed by atoms with van der Waals surface area (Å²) in [5.41, 5.74) is 6.93. The lowest BCUT2D eigenvalue weighted by atomic mass is 9.74. The Morgan fingerprint density at radius 1 is 1.21 bits per heavy atom. The molecule has 0 radical (unpaired) electrons. The van der Waals surface area contributed by atoms with Crippen LogP contribution in [0.5, 0.6) is 0 Å². The maximum absolute atomic E-state index is 13.7. The first-order chi connectivity index (χ1) is 15.9. The summed E-state index contributed by atoms with van der Waals surface area (Å²) in [6.07, 6.45) is 7.32. The minimum atomic E-state index is -0.736. The minimum Gasteiger partial charge on any atom is -0.327 e. The molecule has 4 aliphatic rings. The van der Waals surface area contributed by atoms with E-state index in [1.165, 1.54) is 12.1 Å². The summed E-state index contributed by atoms with van der Waals surface area (Å²) in [5, 5.41) is 9.29. The molecule has 2 amide bonds. The molecule has 7 nitrogen and oxygen atoms in total. The maximum Gasteiger partial charge on any atom is 0.241 e. The lowest BCUT2D eigenvalue weighted by Gasteiger charge is -2.50. The van der Waals surface area contributed by atoms with E-state index in [0.29, 0.717) is 26.1 Å². The molecule has 176 valence electrons. The number of carbonyl (C=O) groups is 2. The van der Waals surface area contributed by atoms with Crippen LogP contribution in [0.1, 0.15) is 56.9 Å². The Morgan fingerprint density at radius 3 is 2.61 bits per heavy atom. The second-order valence-corrected chi connectivity index (χ2v) is 10.1. The topological polar surface area (TPSA) is 93.7 Å². The lowest BCUT2D eigenvalue weighted by molar-refractivity contribution is -0.147. The number of nitriles is 1. The molecule has 0 spiro atoms. The van der Waals surface area contributed by atoms with Crippen molar-refractivity contribution < 1.29 is 14.0 Å². The number of piperazine rings is 1. The van der Waals surface area contributed by atoms with E-state index in [9.17, 15) is 19.2 Å². The van der Waals surface area contributed by atoms with E-state index >= 15 is 0 Å². The molecule has 33 heavy (non-hydrogen) atoms. The van der Waals surface area contributed by atoms with E-state index in [4.69, 9.17) is 5.73 Å².